The lowest BCUT2D eigenvalue weighted by molar-refractivity contribution is -0.147. The summed E-state index contributed by atoms with van der Waals surface area (Å²) < 4.78 is 5.06. The molecule has 1 heterocycles. The van der Waals surface area contributed by atoms with Gasteiger partial charge in [-0.1, -0.05) is 6.92 Å². The number of aliphatic imine (C=N–C) groups is 1. The van der Waals surface area contributed by atoms with E-state index in [0.717, 1.165) is 13.1 Å². The molecule has 0 bridgehead atoms. The average Bonchev–Trinajstić information content (AvgIpc) is 2.88. The standard InChI is InChI=1S/C15H30N4O2.HI/c1-4-19-10-6-7-13(19)11-18-15(16)17-9-5-8-14(20)21-12(2)3;/h12-13H,4-11H2,1-3H3,(H3,16,17,18);1H. The third-order valence-electron chi connectivity index (χ3n) is 3.61. The Morgan fingerprint density at radius 3 is 2.86 bits per heavy atom. The Labute approximate surface area is 151 Å². The van der Waals surface area contributed by atoms with Crippen LogP contribution in [0, 0.1) is 0 Å². The van der Waals surface area contributed by atoms with Gasteiger partial charge in [0.15, 0.2) is 5.96 Å². The molecule has 22 heavy (non-hydrogen) atoms. The zero-order valence-electron chi connectivity index (χ0n) is 14.0. The number of guanidine groups is 1. The van der Waals surface area contributed by atoms with Gasteiger partial charge in [-0.15, -0.1) is 24.0 Å². The number of ether oxygens (including phenoxy) is 1. The van der Waals surface area contributed by atoms with Crippen molar-refractivity contribution in [3.63, 3.8) is 0 Å². The van der Waals surface area contributed by atoms with Crippen LogP contribution >= 0.6 is 24.0 Å². The molecule has 1 unspecified atom stereocenters. The number of hydrogen-bond donors (Lipinski definition) is 2. The van der Waals surface area contributed by atoms with Gasteiger partial charge in [0, 0.05) is 19.0 Å². The Balaban J connectivity index is 0.00000441. The quantitative estimate of drug-likeness (QED) is 0.203. The Morgan fingerprint density at radius 2 is 2.23 bits per heavy atom. The highest BCUT2D eigenvalue weighted by atomic mass is 127. The van der Waals surface area contributed by atoms with E-state index in [1.54, 1.807) is 0 Å². The Bertz CT molecular complexity index is 350. The van der Waals surface area contributed by atoms with Crippen molar-refractivity contribution in [2.45, 2.75) is 58.6 Å². The third kappa shape index (κ3) is 8.77. The van der Waals surface area contributed by atoms with E-state index in [2.05, 4.69) is 22.1 Å². The first kappa shape index (κ1) is 21.4. The van der Waals surface area contributed by atoms with Crippen LogP contribution < -0.4 is 11.1 Å². The molecule has 0 aromatic heterocycles. The van der Waals surface area contributed by atoms with Crippen molar-refractivity contribution < 1.29 is 9.53 Å². The van der Waals surface area contributed by atoms with Gasteiger partial charge in [0.05, 0.1) is 12.6 Å². The van der Waals surface area contributed by atoms with Crippen molar-refractivity contribution in [3.8, 4) is 0 Å². The number of nitrogens with zero attached hydrogens (tertiary/aromatic N) is 2. The third-order valence-corrected chi connectivity index (χ3v) is 3.61. The van der Waals surface area contributed by atoms with Gasteiger partial charge >= 0.3 is 5.97 Å². The fourth-order valence-corrected chi connectivity index (χ4v) is 2.55. The van der Waals surface area contributed by atoms with Gasteiger partial charge in [-0.2, -0.15) is 0 Å². The van der Waals surface area contributed by atoms with E-state index in [1.165, 1.54) is 19.4 Å². The molecular formula is C15H31IN4O2. The molecule has 0 aromatic rings. The maximum Gasteiger partial charge on any atom is 0.306 e. The summed E-state index contributed by atoms with van der Waals surface area (Å²) in [5.74, 6) is 0.307. The SMILES string of the molecule is CCN1CCCC1CN=C(N)NCCCC(=O)OC(C)C.I. The van der Waals surface area contributed by atoms with Crippen LogP contribution in [0.3, 0.4) is 0 Å². The molecule has 0 amide bonds. The number of rotatable bonds is 8. The fraction of sp³-hybridized carbons (Fsp3) is 0.867. The van der Waals surface area contributed by atoms with E-state index < -0.39 is 0 Å². The zero-order valence-corrected chi connectivity index (χ0v) is 16.3. The monoisotopic (exact) mass is 426 g/mol. The Hall–Kier alpha value is -0.570. The van der Waals surface area contributed by atoms with E-state index in [0.29, 0.717) is 31.4 Å². The second-order valence-corrected chi connectivity index (χ2v) is 5.72. The van der Waals surface area contributed by atoms with E-state index in [-0.39, 0.29) is 36.0 Å². The van der Waals surface area contributed by atoms with Gasteiger partial charge in [-0.25, -0.2) is 0 Å². The van der Waals surface area contributed by atoms with E-state index in [4.69, 9.17) is 10.5 Å². The predicted octanol–water partition coefficient (Wildman–Crippen LogP) is 1.72. The maximum absolute atomic E-state index is 11.3. The molecule has 0 radical (unpaired) electrons. The summed E-state index contributed by atoms with van der Waals surface area (Å²) in [6.45, 7) is 9.52. The van der Waals surface area contributed by atoms with E-state index in [1.807, 2.05) is 13.8 Å². The van der Waals surface area contributed by atoms with Crippen LogP contribution in [0.25, 0.3) is 0 Å². The smallest absolute Gasteiger partial charge is 0.306 e. The van der Waals surface area contributed by atoms with Gasteiger partial charge in [0.1, 0.15) is 0 Å². The van der Waals surface area contributed by atoms with Gasteiger partial charge in [0.25, 0.3) is 0 Å². The van der Waals surface area contributed by atoms with Crippen molar-refractivity contribution in [2.75, 3.05) is 26.2 Å². The van der Waals surface area contributed by atoms with Crippen LogP contribution in [0.1, 0.15) is 46.5 Å². The summed E-state index contributed by atoms with van der Waals surface area (Å²) in [4.78, 5) is 18.2. The molecule has 0 spiro atoms. The molecular weight excluding hydrogens is 395 g/mol. The minimum Gasteiger partial charge on any atom is -0.463 e. The molecule has 1 fully saturated rings. The molecule has 6 nitrogen and oxygen atoms in total. The molecule has 130 valence electrons. The van der Waals surface area contributed by atoms with Gasteiger partial charge < -0.3 is 15.8 Å². The molecule has 0 aliphatic carbocycles. The minimum atomic E-state index is -0.160. The second kappa shape index (κ2) is 11.9. The lowest BCUT2D eigenvalue weighted by Crippen LogP contribution is -2.36. The summed E-state index contributed by atoms with van der Waals surface area (Å²) in [6, 6.07) is 0.524. The number of halogens is 1. The molecule has 7 heteroatoms. The van der Waals surface area contributed by atoms with Crippen molar-refractivity contribution in [1.82, 2.24) is 10.2 Å². The maximum atomic E-state index is 11.3. The van der Waals surface area contributed by atoms with Gasteiger partial charge in [-0.3, -0.25) is 14.7 Å². The topological polar surface area (TPSA) is 80.0 Å². The summed E-state index contributed by atoms with van der Waals surface area (Å²) in [6.07, 6.45) is 3.51. The van der Waals surface area contributed by atoms with Crippen molar-refractivity contribution in [2.24, 2.45) is 10.7 Å². The number of hydrogen-bond acceptors (Lipinski definition) is 4. The van der Waals surface area contributed by atoms with Crippen LogP contribution in [0.2, 0.25) is 0 Å². The number of likely N-dealkylation sites (N-methyl/N-ethyl adjacent to an activating group) is 1. The molecule has 3 N–H and O–H groups in total. The highest BCUT2D eigenvalue weighted by Gasteiger charge is 2.22. The highest BCUT2D eigenvalue weighted by molar-refractivity contribution is 14.0. The van der Waals surface area contributed by atoms with Crippen LogP contribution in [0.4, 0.5) is 0 Å². The first-order valence-corrected chi connectivity index (χ1v) is 8.00. The zero-order chi connectivity index (χ0) is 15.7. The normalized spacial score (nSPS) is 19.1. The first-order valence-electron chi connectivity index (χ1n) is 8.00. The first-order chi connectivity index (χ1) is 10.0. The molecule has 1 saturated heterocycles. The molecule has 0 aromatic carbocycles. The van der Waals surface area contributed by atoms with E-state index >= 15 is 0 Å². The summed E-state index contributed by atoms with van der Waals surface area (Å²) in [5, 5.41) is 3.05. The van der Waals surface area contributed by atoms with Crippen molar-refractivity contribution in [3.05, 3.63) is 0 Å². The average molecular weight is 426 g/mol. The number of likely N-dealkylation sites (tertiary alicyclic amines) is 1. The molecule has 1 atom stereocenters. The predicted molar refractivity (Wildman–Crippen MR) is 101 cm³/mol. The number of carbonyl (C=O) groups is 1. The molecule has 0 saturated carbocycles. The highest BCUT2D eigenvalue weighted by Crippen LogP contribution is 2.16. The largest absolute Gasteiger partial charge is 0.463 e. The van der Waals surface area contributed by atoms with Gasteiger partial charge in [0.2, 0.25) is 0 Å². The molecule has 1 aliphatic heterocycles. The lowest BCUT2D eigenvalue weighted by Gasteiger charge is -2.20. The lowest BCUT2D eigenvalue weighted by atomic mass is 10.2. The van der Waals surface area contributed by atoms with Crippen molar-refractivity contribution in [1.29, 1.82) is 0 Å². The van der Waals surface area contributed by atoms with Crippen LogP contribution in [0.5, 0.6) is 0 Å². The fourth-order valence-electron chi connectivity index (χ4n) is 2.55. The molecule has 1 rings (SSSR count). The Kier molecular flexibility index (Phi) is 11.6. The number of nitrogens with two attached hydrogens (primary N) is 1. The number of esters is 1. The summed E-state index contributed by atoms with van der Waals surface area (Å²) in [7, 11) is 0. The summed E-state index contributed by atoms with van der Waals surface area (Å²) in [5.41, 5.74) is 5.84. The Morgan fingerprint density at radius 1 is 1.50 bits per heavy atom. The van der Waals surface area contributed by atoms with Crippen LogP contribution in [0.15, 0.2) is 4.99 Å². The number of nitrogens with one attached hydrogen (secondary N) is 1. The van der Waals surface area contributed by atoms with Crippen molar-refractivity contribution >= 4 is 35.9 Å². The van der Waals surface area contributed by atoms with Crippen LogP contribution in [-0.2, 0) is 9.53 Å². The second-order valence-electron chi connectivity index (χ2n) is 5.72. The number of carbonyl (C=O) groups excluding carboxylic acids is 1. The minimum absolute atomic E-state index is 0. The molecule has 1 aliphatic rings. The van der Waals surface area contributed by atoms with Crippen LogP contribution in [-0.4, -0.2) is 55.2 Å². The van der Waals surface area contributed by atoms with E-state index in [9.17, 15) is 4.79 Å². The van der Waals surface area contributed by atoms with Gasteiger partial charge in [-0.05, 0) is 46.2 Å². The summed E-state index contributed by atoms with van der Waals surface area (Å²) >= 11 is 0.